The van der Waals surface area contributed by atoms with E-state index in [0.29, 0.717) is 39.0 Å². The molecule has 2 unspecified atom stereocenters. The van der Waals surface area contributed by atoms with Gasteiger partial charge in [0.15, 0.2) is 12.2 Å². The predicted octanol–water partition coefficient (Wildman–Crippen LogP) is -2.47. The summed E-state index contributed by atoms with van der Waals surface area (Å²) in [6.45, 7) is 7.38. The summed E-state index contributed by atoms with van der Waals surface area (Å²) in [5.41, 5.74) is 0. The number of hydrogen-bond donors (Lipinski definition) is 7. The minimum atomic E-state index is -2.27. The minimum absolute atomic E-state index is 0.0278. The van der Waals surface area contributed by atoms with Gasteiger partial charge in [0.05, 0.1) is 52.9 Å². The van der Waals surface area contributed by atoms with E-state index < -0.39 is 24.1 Å². The highest BCUT2D eigenvalue weighted by molar-refractivity contribution is 5.83. The van der Waals surface area contributed by atoms with Crippen LogP contribution in [0, 0.1) is 5.92 Å². The van der Waals surface area contributed by atoms with Crippen LogP contribution in [0.5, 0.6) is 0 Å². The smallest absolute Gasteiger partial charge is 0.335 e. The Kier molecular flexibility index (Phi) is 26.5. The van der Waals surface area contributed by atoms with Gasteiger partial charge in [0, 0.05) is 6.61 Å². The average molecular weight is 418 g/mol. The number of rotatable bonds is 14. The van der Waals surface area contributed by atoms with Crippen molar-refractivity contribution in [1.82, 2.24) is 0 Å². The first-order valence-electron chi connectivity index (χ1n) is 8.53. The van der Waals surface area contributed by atoms with Crippen molar-refractivity contribution < 1.29 is 59.5 Å². The number of ether oxygens (including phenoxy) is 3. The van der Waals surface area contributed by atoms with Crippen LogP contribution in [0.2, 0.25) is 0 Å². The van der Waals surface area contributed by atoms with Crippen molar-refractivity contribution in [2.45, 2.75) is 26.1 Å². The maximum Gasteiger partial charge on any atom is 0.335 e. The molecule has 0 spiro atoms. The lowest BCUT2D eigenvalue weighted by atomic mass is 10.2. The van der Waals surface area contributed by atoms with Crippen LogP contribution < -0.4 is 0 Å². The van der Waals surface area contributed by atoms with Crippen molar-refractivity contribution in [3.8, 4) is 0 Å². The Hall–Kier alpha value is -1.38. The number of carboxylic acids is 2. The van der Waals surface area contributed by atoms with Crippen LogP contribution in [0.1, 0.15) is 13.8 Å². The first-order valence-corrected chi connectivity index (χ1v) is 8.53. The number of aliphatic carboxylic acids is 2. The molecule has 2 atom stereocenters. The molecule has 12 nitrogen and oxygen atoms in total. The van der Waals surface area contributed by atoms with E-state index in [9.17, 15) is 9.59 Å². The fourth-order valence-corrected chi connectivity index (χ4v) is 1.10. The first kappa shape index (κ1) is 31.3. The zero-order chi connectivity index (χ0) is 22.4. The Labute approximate surface area is 163 Å². The van der Waals surface area contributed by atoms with Gasteiger partial charge in [-0.25, -0.2) is 9.59 Å². The van der Waals surface area contributed by atoms with Crippen molar-refractivity contribution in [2.75, 3.05) is 59.5 Å². The Balaban J connectivity index is -0.000000343. The summed E-state index contributed by atoms with van der Waals surface area (Å²) in [5, 5.41) is 57.0. The lowest BCUT2D eigenvalue weighted by molar-refractivity contribution is -0.165. The Morgan fingerprint density at radius 2 is 1.00 bits per heavy atom. The summed E-state index contributed by atoms with van der Waals surface area (Å²) in [4.78, 5) is 19.5. The molecule has 0 aliphatic heterocycles. The van der Waals surface area contributed by atoms with Gasteiger partial charge in [-0.15, -0.1) is 0 Å². The second kappa shape index (κ2) is 23.7. The summed E-state index contributed by atoms with van der Waals surface area (Å²) < 4.78 is 14.9. The van der Waals surface area contributed by atoms with Gasteiger partial charge in [0.2, 0.25) is 0 Å². The van der Waals surface area contributed by atoms with E-state index in [4.69, 9.17) is 45.2 Å². The van der Waals surface area contributed by atoms with Gasteiger partial charge in [-0.3, -0.25) is 0 Å². The van der Waals surface area contributed by atoms with Crippen LogP contribution >= 0.6 is 0 Å². The second-order valence-electron chi connectivity index (χ2n) is 5.43. The number of aliphatic hydroxyl groups is 5. The van der Waals surface area contributed by atoms with Gasteiger partial charge in [-0.2, -0.15) is 0 Å². The summed E-state index contributed by atoms with van der Waals surface area (Å²) in [7, 11) is 0. The van der Waals surface area contributed by atoms with Crippen LogP contribution in [-0.2, 0) is 23.8 Å². The molecular formula is C16H34O12. The molecule has 28 heavy (non-hydrogen) atoms. The monoisotopic (exact) mass is 418 g/mol. The van der Waals surface area contributed by atoms with Crippen molar-refractivity contribution in [3.05, 3.63) is 0 Å². The molecule has 0 fully saturated rings. The number of carbonyl (C=O) groups is 2. The van der Waals surface area contributed by atoms with Gasteiger partial charge < -0.3 is 50.0 Å². The van der Waals surface area contributed by atoms with Gasteiger partial charge in [0.1, 0.15) is 0 Å². The van der Waals surface area contributed by atoms with E-state index in [-0.39, 0.29) is 19.8 Å². The molecule has 0 aromatic heterocycles. The molecule has 0 rings (SSSR count). The topological polar surface area (TPSA) is 203 Å². The molecule has 170 valence electrons. The summed E-state index contributed by atoms with van der Waals surface area (Å²) in [5.74, 6) is -2.96. The first-order chi connectivity index (χ1) is 13.1. The predicted molar refractivity (Wildman–Crippen MR) is 95.8 cm³/mol. The second-order valence-corrected chi connectivity index (χ2v) is 5.43. The van der Waals surface area contributed by atoms with Crippen LogP contribution in [0.25, 0.3) is 0 Å². The fourth-order valence-electron chi connectivity index (χ4n) is 1.10. The normalized spacial score (nSPS) is 12.3. The van der Waals surface area contributed by atoms with Crippen molar-refractivity contribution in [3.63, 3.8) is 0 Å². The highest BCUT2D eigenvalue weighted by Crippen LogP contribution is 1.92. The lowest BCUT2D eigenvalue weighted by Crippen LogP contribution is -2.39. The molecule has 0 heterocycles. The molecule has 0 saturated heterocycles. The van der Waals surface area contributed by atoms with E-state index in [2.05, 4.69) is 18.6 Å². The Bertz CT molecular complexity index is 329. The molecule has 0 aromatic carbocycles. The largest absolute Gasteiger partial charge is 0.479 e. The SMILES string of the molecule is CC(C)COCCOCCO.O=C(O)C(O)C(O)C(=O)O.OCCOCCO. The van der Waals surface area contributed by atoms with Gasteiger partial charge in [-0.05, 0) is 5.92 Å². The third-order valence-corrected chi connectivity index (χ3v) is 2.34. The van der Waals surface area contributed by atoms with E-state index in [1.807, 2.05) is 0 Å². The van der Waals surface area contributed by atoms with Crippen LogP contribution in [0.15, 0.2) is 0 Å². The number of hydrogen-bond acceptors (Lipinski definition) is 10. The third-order valence-electron chi connectivity index (χ3n) is 2.34. The maximum atomic E-state index is 9.77. The molecule has 0 aromatic rings. The van der Waals surface area contributed by atoms with E-state index in [0.717, 1.165) is 6.61 Å². The number of carboxylic acid groups (broad SMARTS) is 2. The lowest BCUT2D eigenvalue weighted by Gasteiger charge is -2.07. The minimum Gasteiger partial charge on any atom is -0.479 e. The molecule has 12 heteroatoms. The highest BCUT2D eigenvalue weighted by atomic mass is 16.5. The van der Waals surface area contributed by atoms with Gasteiger partial charge in [0.25, 0.3) is 0 Å². The maximum absolute atomic E-state index is 9.77. The van der Waals surface area contributed by atoms with Crippen LogP contribution in [0.4, 0.5) is 0 Å². The standard InChI is InChI=1S/C8H18O3.C4H6O6.C4H10O3/c1-8(2)7-11-6-5-10-4-3-9;5-1(3(7)8)2(6)4(9)10;5-1-3-7-4-2-6/h8-9H,3-7H2,1-2H3;1-2,5-6H,(H,7,8)(H,9,10);5-6H,1-4H2. The summed E-state index contributed by atoms with van der Waals surface area (Å²) >= 11 is 0. The van der Waals surface area contributed by atoms with E-state index in [1.54, 1.807) is 0 Å². The van der Waals surface area contributed by atoms with Gasteiger partial charge in [-0.1, -0.05) is 13.8 Å². The quantitative estimate of drug-likeness (QED) is 0.147. The zero-order valence-corrected chi connectivity index (χ0v) is 16.3. The highest BCUT2D eigenvalue weighted by Gasteiger charge is 2.29. The van der Waals surface area contributed by atoms with Crippen LogP contribution in [-0.4, -0.2) is 119 Å². The molecule has 0 bridgehead atoms. The van der Waals surface area contributed by atoms with E-state index >= 15 is 0 Å². The fraction of sp³-hybridized carbons (Fsp3) is 0.875. The molecule has 0 saturated carbocycles. The molecule has 0 aliphatic carbocycles. The van der Waals surface area contributed by atoms with Crippen molar-refractivity contribution >= 4 is 11.9 Å². The van der Waals surface area contributed by atoms with E-state index in [1.165, 1.54) is 0 Å². The molecular weight excluding hydrogens is 384 g/mol. The zero-order valence-electron chi connectivity index (χ0n) is 16.3. The Morgan fingerprint density at radius 1 is 0.679 bits per heavy atom. The third kappa shape index (κ3) is 26.8. The Morgan fingerprint density at radius 3 is 1.29 bits per heavy atom. The van der Waals surface area contributed by atoms with Gasteiger partial charge >= 0.3 is 11.9 Å². The molecule has 0 radical (unpaired) electrons. The molecule has 7 N–H and O–H groups in total. The van der Waals surface area contributed by atoms with Crippen LogP contribution in [0.3, 0.4) is 0 Å². The summed E-state index contributed by atoms with van der Waals surface area (Å²) in [6, 6.07) is 0. The molecule has 0 amide bonds. The summed E-state index contributed by atoms with van der Waals surface area (Å²) in [6.07, 6.45) is -4.53. The van der Waals surface area contributed by atoms with Crippen molar-refractivity contribution in [2.24, 2.45) is 5.92 Å². The number of aliphatic hydroxyl groups excluding tert-OH is 5. The average Bonchev–Trinajstić information content (AvgIpc) is 2.64. The molecule has 0 aliphatic rings. The van der Waals surface area contributed by atoms with Crippen molar-refractivity contribution in [1.29, 1.82) is 0 Å².